The summed E-state index contributed by atoms with van der Waals surface area (Å²) in [5, 5.41) is 18.1. The van der Waals surface area contributed by atoms with E-state index in [-0.39, 0.29) is 32.0 Å². The molecule has 6 heteroatoms. The van der Waals surface area contributed by atoms with Crippen LogP contribution in [-0.2, 0) is 9.53 Å². The average Bonchev–Trinajstić information content (AvgIpc) is 2.96. The molecule has 27 heavy (non-hydrogen) atoms. The molecule has 0 atom stereocenters. The number of likely N-dealkylation sites (tertiary alicyclic amines) is 1. The molecule has 1 aliphatic carbocycles. The molecule has 1 heterocycles. The normalized spacial score (nSPS) is 16.6. The fourth-order valence-electron chi connectivity index (χ4n) is 4.01. The summed E-state index contributed by atoms with van der Waals surface area (Å²) in [5.74, 6) is -1.06. The third-order valence-corrected chi connectivity index (χ3v) is 5.31. The van der Waals surface area contributed by atoms with E-state index < -0.39 is 17.5 Å². The zero-order valence-corrected chi connectivity index (χ0v) is 14.6. The van der Waals surface area contributed by atoms with Crippen molar-refractivity contribution in [1.29, 1.82) is 5.26 Å². The number of fused-ring (bicyclic) bond motifs is 3. The van der Waals surface area contributed by atoms with Gasteiger partial charge in [0.05, 0.1) is 12.5 Å². The first-order valence-corrected chi connectivity index (χ1v) is 8.76. The summed E-state index contributed by atoms with van der Waals surface area (Å²) in [4.78, 5) is 24.6. The van der Waals surface area contributed by atoms with Gasteiger partial charge in [-0.05, 0) is 22.3 Å². The number of ether oxygens (including phenoxy) is 1. The summed E-state index contributed by atoms with van der Waals surface area (Å²) in [6.07, 6.45) is -0.774. The zero-order valence-electron chi connectivity index (χ0n) is 14.6. The van der Waals surface area contributed by atoms with Crippen LogP contribution < -0.4 is 0 Å². The smallest absolute Gasteiger partial charge is 0.409 e. The Hall–Kier alpha value is -3.33. The van der Waals surface area contributed by atoms with Crippen LogP contribution in [0.1, 0.15) is 23.5 Å². The van der Waals surface area contributed by atoms with Gasteiger partial charge in [0.15, 0.2) is 0 Å². The third kappa shape index (κ3) is 2.91. The Balaban J connectivity index is 1.44. The molecule has 0 aromatic heterocycles. The maximum Gasteiger partial charge on any atom is 0.409 e. The molecule has 2 aromatic rings. The van der Waals surface area contributed by atoms with Gasteiger partial charge in [-0.25, -0.2) is 4.79 Å². The Labute approximate surface area is 156 Å². The number of rotatable bonds is 4. The van der Waals surface area contributed by atoms with E-state index in [4.69, 9.17) is 9.84 Å². The minimum Gasteiger partial charge on any atom is -0.481 e. The zero-order chi connectivity index (χ0) is 19.0. The highest BCUT2D eigenvalue weighted by atomic mass is 16.6. The maximum absolute atomic E-state index is 12.3. The van der Waals surface area contributed by atoms with Crippen LogP contribution in [0, 0.1) is 16.7 Å². The van der Waals surface area contributed by atoms with E-state index in [9.17, 15) is 14.9 Å². The second-order valence-electron chi connectivity index (χ2n) is 7.12. The Morgan fingerprint density at radius 2 is 1.67 bits per heavy atom. The summed E-state index contributed by atoms with van der Waals surface area (Å²) in [5.41, 5.74) is 3.57. The molecule has 0 radical (unpaired) electrons. The van der Waals surface area contributed by atoms with Crippen molar-refractivity contribution < 1.29 is 19.4 Å². The predicted octanol–water partition coefficient (Wildman–Crippen LogP) is 3.24. The predicted molar refractivity (Wildman–Crippen MR) is 96.9 cm³/mol. The number of carboxylic acid groups (broad SMARTS) is 1. The van der Waals surface area contributed by atoms with E-state index in [1.54, 1.807) is 0 Å². The molecule has 4 rings (SSSR count). The largest absolute Gasteiger partial charge is 0.481 e. The van der Waals surface area contributed by atoms with Gasteiger partial charge >= 0.3 is 12.1 Å². The molecule has 1 N–H and O–H groups in total. The van der Waals surface area contributed by atoms with Crippen molar-refractivity contribution in [3.05, 3.63) is 59.7 Å². The van der Waals surface area contributed by atoms with Gasteiger partial charge in [0.25, 0.3) is 0 Å². The highest BCUT2D eigenvalue weighted by molar-refractivity contribution is 5.79. The number of aliphatic carboxylic acids is 1. The minimum absolute atomic E-state index is 0.0256. The SMILES string of the molecule is N#CC1(CC(=O)O)CN(C(=O)OCC2c3ccccc3-c3ccccc32)C1. The molecule has 1 amide bonds. The number of hydrogen-bond acceptors (Lipinski definition) is 4. The number of hydrogen-bond donors (Lipinski definition) is 1. The van der Waals surface area contributed by atoms with Crippen LogP contribution in [0.3, 0.4) is 0 Å². The van der Waals surface area contributed by atoms with E-state index in [1.807, 2.05) is 42.5 Å². The fourth-order valence-corrected chi connectivity index (χ4v) is 4.01. The highest BCUT2D eigenvalue weighted by Crippen LogP contribution is 2.44. The Morgan fingerprint density at radius 3 is 2.19 bits per heavy atom. The van der Waals surface area contributed by atoms with Crippen molar-refractivity contribution >= 4 is 12.1 Å². The van der Waals surface area contributed by atoms with E-state index in [2.05, 4.69) is 12.1 Å². The molecule has 0 unspecified atom stereocenters. The lowest BCUT2D eigenvalue weighted by Crippen LogP contribution is -2.58. The van der Waals surface area contributed by atoms with Crippen LogP contribution in [0.5, 0.6) is 0 Å². The molecule has 0 spiro atoms. The van der Waals surface area contributed by atoms with Crippen molar-refractivity contribution in [2.24, 2.45) is 5.41 Å². The molecule has 0 bridgehead atoms. The molecule has 1 fully saturated rings. The Morgan fingerprint density at radius 1 is 1.11 bits per heavy atom. The molecule has 6 nitrogen and oxygen atoms in total. The molecule has 136 valence electrons. The van der Waals surface area contributed by atoms with Crippen molar-refractivity contribution in [3.8, 4) is 17.2 Å². The molecular weight excluding hydrogens is 344 g/mol. The van der Waals surface area contributed by atoms with Crippen LogP contribution in [0.25, 0.3) is 11.1 Å². The maximum atomic E-state index is 12.3. The first kappa shape index (κ1) is 17.1. The molecule has 0 saturated carbocycles. The standard InChI is InChI=1S/C21H18N2O4/c22-11-21(9-19(24)25)12-23(13-21)20(26)27-10-18-16-7-3-1-5-14(16)15-6-2-4-8-17(15)18/h1-8,18H,9-10,12-13H2,(H,24,25). The quantitative estimate of drug-likeness (QED) is 0.902. The number of nitrogens with zero attached hydrogens (tertiary/aromatic N) is 2. The van der Waals surface area contributed by atoms with E-state index in [1.165, 1.54) is 4.90 Å². The average molecular weight is 362 g/mol. The van der Waals surface area contributed by atoms with Crippen molar-refractivity contribution in [2.45, 2.75) is 12.3 Å². The third-order valence-electron chi connectivity index (χ3n) is 5.31. The minimum atomic E-state index is -1.04. The van der Waals surface area contributed by atoms with Gasteiger partial charge in [0.1, 0.15) is 12.0 Å². The fraction of sp³-hybridized carbons (Fsp3) is 0.286. The topological polar surface area (TPSA) is 90.6 Å². The lowest BCUT2D eigenvalue weighted by molar-refractivity contribution is -0.141. The van der Waals surface area contributed by atoms with Crippen LogP contribution in [-0.4, -0.2) is 41.8 Å². The molecular formula is C21H18N2O4. The van der Waals surface area contributed by atoms with Crippen LogP contribution in [0.15, 0.2) is 48.5 Å². The molecule has 1 saturated heterocycles. The van der Waals surface area contributed by atoms with Gasteiger partial charge in [0.2, 0.25) is 0 Å². The van der Waals surface area contributed by atoms with Gasteiger partial charge in [0, 0.05) is 19.0 Å². The van der Waals surface area contributed by atoms with Gasteiger partial charge in [-0.1, -0.05) is 48.5 Å². The number of amides is 1. The number of carboxylic acids is 1. The van der Waals surface area contributed by atoms with Crippen LogP contribution in [0.4, 0.5) is 4.79 Å². The summed E-state index contributed by atoms with van der Waals surface area (Å²) in [7, 11) is 0. The molecule has 2 aliphatic rings. The Kier molecular flexibility index (Phi) is 4.08. The van der Waals surface area contributed by atoms with Gasteiger partial charge in [-0.2, -0.15) is 5.26 Å². The van der Waals surface area contributed by atoms with Crippen molar-refractivity contribution in [1.82, 2.24) is 4.90 Å². The molecule has 1 aliphatic heterocycles. The van der Waals surface area contributed by atoms with Gasteiger partial charge in [-0.3, -0.25) is 4.79 Å². The first-order chi connectivity index (χ1) is 13.0. The second-order valence-corrected chi connectivity index (χ2v) is 7.12. The van der Waals surface area contributed by atoms with Crippen LogP contribution >= 0.6 is 0 Å². The summed E-state index contributed by atoms with van der Waals surface area (Å²) >= 11 is 0. The second kappa shape index (κ2) is 6.44. The van der Waals surface area contributed by atoms with Crippen molar-refractivity contribution in [2.75, 3.05) is 19.7 Å². The first-order valence-electron chi connectivity index (χ1n) is 8.76. The number of benzene rings is 2. The highest BCUT2D eigenvalue weighted by Gasteiger charge is 2.48. The number of carbonyl (C=O) groups is 2. The van der Waals surface area contributed by atoms with E-state index in [0.29, 0.717) is 0 Å². The Bertz CT molecular complexity index is 911. The van der Waals surface area contributed by atoms with E-state index >= 15 is 0 Å². The number of carbonyl (C=O) groups excluding carboxylic acids is 1. The van der Waals surface area contributed by atoms with Crippen molar-refractivity contribution in [3.63, 3.8) is 0 Å². The lowest BCUT2D eigenvalue weighted by atomic mass is 9.78. The van der Waals surface area contributed by atoms with Gasteiger partial charge < -0.3 is 14.7 Å². The summed E-state index contributed by atoms with van der Waals surface area (Å²) in [6, 6.07) is 18.2. The van der Waals surface area contributed by atoms with Crippen LogP contribution in [0.2, 0.25) is 0 Å². The molecule has 2 aromatic carbocycles. The summed E-state index contributed by atoms with van der Waals surface area (Å²) < 4.78 is 5.52. The lowest BCUT2D eigenvalue weighted by Gasteiger charge is -2.43. The summed E-state index contributed by atoms with van der Waals surface area (Å²) in [6.45, 7) is 0.390. The monoisotopic (exact) mass is 362 g/mol. The number of nitriles is 1. The van der Waals surface area contributed by atoms with Gasteiger partial charge in [-0.15, -0.1) is 0 Å². The van der Waals surface area contributed by atoms with E-state index in [0.717, 1.165) is 22.3 Å².